The first-order chi connectivity index (χ1) is 17.5. The number of anilines is 1. The second-order valence-electron chi connectivity index (χ2n) is 9.18. The van der Waals surface area contributed by atoms with Gasteiger partial charge in [0.25, 0.3) is 5.91 Å². The zero-order valence-corrected chi connectivity index (χ0v) is 22.2. The Hall–Kier alpha value is -2.85. The molecule has 2 heterocycles. The maximum Gasteiger partial charge on any atom is 0.379 e. The molecule has 37 heavy (non-hydrogen) atoms. The summed E-state index contributed by atoms with van der Waals surface area (Å²) in [5, 5.41) is 0.245. The molecule has 0 aliphatic carbocycles. The number of piperidine rings is 1. The Morgan fingerprint density at radius 3 is 2.22 bits per heavy atom. The number of benzene rings is 1. The molecule has 2 N–H and O–H groups in total. The van der Waals surface area contributed by atoms with Gasteiger partial charge in [-0.1, -0.05) is 41.9 Å². The summed E-state index contributed by atoms with van der Waals surface area (Å²) in [7, 11) is 5.22. The van der Waals surface area contributed by atoms with Gasteiger partial charge in [0.2, 0.25) is 5.91 Å². The molecule has 2 amide bonds. The van der Waals surface area contributed by atoms with Crippen LogP contribution in [0.2, 0.25) is 5.15 Å². The Bertz CT molecular complexity index is 1000. The maximum atomic E-state index is 12.6. The molecule has 0 saturated carbocycles. The number of likely N-dealkylation sites (N-methyl/N-ethyl adjacent to an activating group) is 1. The van der Waals surface area contributed by atoms with Crippen molar-refractivity contribution in [2.75, 3.05) is 45.7 Å². The molecular formula is C26H35ClF3N5O2. The van der Waals surface area contributed by atoms with Gasteiger partial charge < -0.3 is 20.4 Å². The van der Waals surface area contributed by atoms with Gasteiger partial charge in [-0.3, -0.25) is 9.59 Å². The number of alkyl halides is 3. The SMILES string of the molecule is CN(C)C(=O)c1ccc(N2CCC(CCCN(C)C(=O)C(N)c3ccccc3)CC2)nc1Cl.FC(F)F. The van der Waals surface area contributed by atoms with Gasteiger partial charge in [0.05, 0.1) is 5.56 Å². The van der Waals surface area contributed by atoms with E-state index in [9.17, 15) is 22.8 Å². The third-order valence-corrected chi connectivity index (χ3v) is 6.60. The monoisotopic (exact) mass is 541 g/mol. The molecule has 1 aromatic carbocycles. The van der Waals surface area contributed by atoms with E-state index < -0.39 is 12.7 Å². The van der Waals surface area contributed by atoms with Crippen LogP contribution in [-0.4, -0.2) is 74.1 Å². The smallest absolute Gasteiger partial charge is 0.357 e. The predicted octanol–water partition coefficient (Wildman–Crippen LogP) is 4.77. The Morgan fingerprint density at radius 2 is 1.68 bits per heavy atom. The number of nitrogens with two attached hydrogens (primary N) is 1. The molecule has 1 unspecified atom stereocenters. The van der Waals surface area contributed by atoms with E-state index in [0.717, 1.165) is 50.2 Å². The van der Waals surface area contributed by atoms with Crippen molar-refractivity contribution >= 4 is 29.2 Å². The second kappa shape index (κ2) is 14.8. The summed E-state index contributed by atoms with van der Waals surface area (Å²) < 4.78 is 29.0. The largest absolute Gasteiger partial charge is 0.379 e. The predicted molar refractivity (Wildman–Crippen MR) is 140 cm³/mol. The molecule has 204 valence electrons. The number of hydrogen-bond donors (Lipinski definition) is 1. The zero-order valence-electron chi connectivity index (χ0n) is 21.4. The van der Waals surface area contributed by atoms with Gasteiger partial charge in [0.15, 0.2) is 0 Å². The average Bonchev–Trinajstić information content (AvgIpc) is 2.87. The maximum absolute atomic E-state index is 12.6. The number of nitrogens with zero attached hydrogens (tertiary/aromatic N) is 4. The number of rotatable bonds is 8. The highest BCUT2D eigenvalue weighted by Gasteiger charge is 2.23. The molecule has 0 bridgehead atoms. The van der Waals surface area contributed by atoms with Gasteiger partial charge in [-0.15, -0.1) is 0 Å². The van der Waals surface area contributed by atoms with Crippen LogP contribution < -0.4 is 10.6 Å². The van der Waals surface area contributed by atoms with E-state index >= 15 is 0 Å². The molecule has 1 aliphatic rings. The Balaban J connectivity index is 0.00000112. The highest BCUT2D eigenvalue weighted by atomic mass is 35.5. The highest BCUT2D eigenvalue weighted by Crippen LogP contribution is 2.27. The average molecular weight is 542 g/mol. The van der Waals surface area contributed by atoms with E-state index in [-0.39, 0.29) is 17.0 Å². The molecule has 0 spiro atoms. The molecule has 11 heteroatoms. The topological polar surface area (TPSA) is 82.8 Å². The quantitative estimate of drug-likeness (QED) is 0.487. The van der Waals surface area contributed by atoms with Crippen LogP contribution in [0.1, 0.15) is 47.6 Å². The van der Waals surface area contributed by atoms with Gasteiger partial charge >= 0.3 is 6.68 Å². The summed E-state index contributed by atoms with van der Waals surface area (Å²) in [5.74, 6) is 1.24. The summed E-state index contributed by atoms with van der Waals surface area (Å²) in [6.45, 7) is -1.15. The molecule has 2 aromatic rings. The van der Waals surface area contributed by atoms with Gasteiger partial charge in [-0.2, -0.15) is 13.2 Å². The van der Waals surface area contributed by atoms with Crippen LogP contribution in [0.4, 0.5) is 19.0 Å². The van der Waals surface area contributed by atoms with Crippen LogP contribution >= 0.6 is 11.6 Å². The number of carbonyl (C=O) groups is 2. The molecule has 1 atom stereocenters. The lowest BCUT2D eigenvalue weighted by Crippen LogP contribution is -2.37. The molecule has 1 aromatic heterocycles. The van der Waals surface area contributed by atoms with Crippen molar-refractivity contribution in [1.29, 1.82) is 0 Å². The minimum absolute atomic E-state index is 0.0461. The van der Waals surface area contributed by atoms with Gasteiger partial charge in [0, 0.05) is 40.8 Å². The van der Waals surface area contributed by atoms with Crippen LogP contribution in [-0.2, 0) is 4.79 Å². The fraction of sp³-hybridized carbons (Fsp3) is 0.500. The van der Waals surface area contributed by atoms with E-state index in [2.05, 4.69) is 9.88 Å². The lowest BCUT2D eigenvalue weighted by atomic mass is 9.92. The van der Waals surface area contributed by atoms with Gasteiger partial charge in [-0.25, -0.2) is 4.98 Å². The first-order valence-electron chi connectivity index (χ1n) is 12.1. The standard InChI is InChI=1S/C25H34ClN5O2.CHF3/c1-29(2)24(32)20-11-12-21(28-23(20)26)31-16-13-18(14-17-31)8-7-15-30(3)25(33)22(27)19-9-5-4-6-10-19;2-1(3)4/h4-6,9-12,18,22H,7-8,13-17,27H2,1-3H3;1H. The second-order valence-corrected chi connectivity index (χ2v) is 9.53. The summed E-state index contributed by atoms with van der Waals surface area (Å²) in [5.41, 5.74) is 7.41. The van der Waals surface area contributed by atoms with Crippen molar-refractivity contribution in [2.24, 2.45) is 11.7 Å². The minimum Gasteiger partial charge on any atom is -0.357 e. The van der Waals surface area contributed by atoms with Crippen molar-refractivity contribution < 1.29 is 22.8 Å². The summed E-state index contributed by atoms with van der Waals surface area (Å²) in [4.78, 5) is 34.7. The minimum atomic E-state index is -3.67. The molecule has 0 radical (unpaired) electrons. The van der Waals surface area contributed by atoms with Crippen molar-refractivity contribution in [2.45, 2.75) is 38.4 Å². The normalized spacial score (nSPS) is 14.6. The molecule has 3 rings (SSSR count). The van der Waals surface area contributed by atoms with E-state index in [1.54, 1.807) is 25.1 Å². The number of hydrogen-bond acceptors (Lipinski definition) is 5. The Labute approximate surface area is 221 Å². The molecular weight excluding hydrogens is 507 g/mol. The summed E-state index contributed by atoms with van der Waals surface area (Å²) >= 11 is 6.27. The lowest BCUT2D eigenvalue weighted by molar-refractivity contribution is -0.131. The fourth-order valence-electron chi connectivity index (χ4n) is 4.22. The van der Waals surface area contributed by atoms with Crippen LogP contribution in [0.5, 0.6) is 0 Å². The van der Waals surface area contributed by atoms with Crippen molar-refractivity contribution in [1.82, 2.24) is 14.8 Å². The zero-order chi connectivity index (χ0) is 27.5. The highest BCUT2D eigenvalue weighted by molar-refractivity contribution is 6.32. The molecule has 1 saturated heterocycles. The Kier molecular flexibility index (Phi) is 12.1. The molecule has 1 aliphatic heterocycles. The first kappa shape index (κ1) is 30.4. The summed E-state index contributed by atoms with van der Waals surface area (Å²) in [6.07, 6.45) is 4.17. The van der Waals surface area contributed by atoms with Crippen molar-refractivity contribution in [3.63, 3.8) is 0 Å². The number of amides is 2. The number of aromatic nitrogens is 1. The fourth-order valence-corrected chi connectivity index (χ4v) is 4.45. The van der Waals surface area contributed by atoms with Crippen LogP contribution in [0.3, 0.4) is 0 Å². The lowest BCUT2D eigenvalue weighted by Gasteiger charge is -2.33. The van der Waals surface area contributed by atoms with Crippen LogP contribution in [0.25, 0.3) is 0 Å². The summed E-state index contributed by atoms with van der Waals surface area (Å²) in [6, 6.07) is 12.5. The molecule has 1 fully saturated rings. The third-order valence-electron chi connectivity index (χ3n) is 6.32. The number of pyridine rings is 1. The Morgan fingerprint density at radius 1 is 1.08 bits per heavy atom. The van der Waals surface area contributed by atoms with E-state index in [0.29, 0.717) is 18.0 Å². The van der Waals surface area contributed by atoms with Crippen molar-refractivity contribution in [3.8, 4) is 0 Å². The van der Waals surface area contributed by atoms with Crippen molar-refractivity contribution in [3.05, 3.63) is 58.7 Å². The van der Waals surface area contributed by atoms with E-state index in [1.165, 1.54) is 4.90 Å². The van der Waals surface area contributed by atoms with E-state index in [1.807, 2.05) is 43.4 Å². The van der Waals surface area contributed by atoms with Crippen LogP contribution in [0.15, 0.2) is 42.5 Å². The third kappa shape index (κ3) is 9.51. The first-order valence-corrected chi connectivity index (χ1v) is 12.5. The van der Waals surface area contributed by atoms with E-state index in [4.69, 9.17) is 17.3 Å². The van der Waals surface area contributed by atoms with Crippen LogP contribution in [0, 0.1) is 5.92 Å². The number of halogens is 4. The van der Waals surface area contributed by atoms with Gasteiger partial charge in [-0.05, 0) is 49.3 Å². The number of carbonyl (C=O) groups excluding carboxylic acids is 2. The molecule has 7 nitrogen and oxygen atoms in total. The van der Waals surface area contributed by atoms with Gasteiger partial charge in [0.1, 0.15) is 17.0 Å².